The average Bonchev–Trinajstić information content (AvgIpc) is 2.35. The fourth-order valence-electron chi connectivity index (χ4n) is 1.79. The number of carbonyl (C=O) groups is 1. The van der Waals surface area contributed by atoms with Gasteiger partial charge in [-0.1, -0.05) is 18.2 Å². The van der Waals surface area contributed by atoms with Crippen molar-refractivity contribution in [2.24, 2.45) is 0 Å². The minimum Gasteiger partial charge on any atom is -0.442 e. The summed E-state index contributed by atoms with van der Waals surface area (Å²) in [4.78, 5) is 11.7. The van der Waals surface area contributed by atoms with Crippen LogP contribution in [0.3, 0.4) is 0 Å². The monoisotopic (exact) mass is 319 g/mol. The highest BCUT2D eigenvalue weighted by Gasteiger charge is 2.31. The zero-order valence-electron chi connectivity index (χ0n) is 12.9. The van der Waals surface area contributed by atoms with Crippen molar-refractivity contribution in [1.82, 2.24) is 5.06 Å². The Morgan fingerprint density at radius 3 is 2.41 bits per heavy atom. The maximum atomic E-state index is 12.6. The molecule has 7 heteroatoms. The van der Waals surface area contributed by atoms with Gasteiger partial charge in [0.05, 0.1) is 11.6 Å². The maximum Gasteiger partial charge on any atom is 0.434 e. The van der Waals surface area contributed by atoms with Crippen molar-refractivity contribution in [2.75, 3.05) is 0 Å². The molecule has 0 fully saturated rings. The number of hydroxylamine groups is 2. The fraction of sp³-hybridized carbons (Fsp3) is 0.533. The van der Waals surface area contributed by atoms with Crippen molar-refractivity contribution in [3.05, 3.63) is 35.4 Å². The molecule has 1 N–H and O–H groups in total. The molecule has 1 rings (SSSR count). The van der Waals surface area contributed by atoms with Crippen LogP contribution in [0, 0.1) is 0 Å². The molecule has 4 nitrogen and oxygen atoms in total. The first-order chi connectivity index (χ1) is 9.90. The molecular weight excluding hydrogens is 299 g/mol. The van der Waals surface area contributed by atoms with Gasteiger partial charge in [0.25, 0.3) is 0 Å². The van der Waals surface area contributed by atoms with Gasteiger partial charge in [-0.05, 0) is 45.7 Å². The lowest BCUT2D eigenvalue weighted by Crippen LogP contribution is -2.40. The Hall–Kier alpha value is -1.76. The highest BCUT2D eigenvalue weighted by Crippen LogP contribution is 2.29. The molecule has 0 aromatic heterocycles. The summed E-state index contributed by atoms with van der Waals surface area (Å²) >= 11 is 0. The van der Waals surface area contributed by atoms with Crippen LogP contribution in [0.2, 0.25) is 0 Å². The summed E-state index contributed by atoms with van der Waals surface area (Å²) in [6, 6.07) is 4.05. The van der Waals surface area contributed by atoms with Gasteiger partial charge in [0, 0.05) is 0 Å². The third kappa shape index (κ3) is 5.55. The Bertz CT molecular complexity index is 523. The molecule has 0 saturated carbocycles. The van der Waals surface area contributed by atoms with E-state index in [1.54, 1.807) is 20.8 Å². The van der Waals surface area contributed by atoms with Crippen LogP contribution in [-0.4, -0.2) is 28.0 Å². The SMILES string of the molecule is C[C@@H](Cc1cccc(C(F)(F)F)c1)N(O)C(=O)OC(C)(C)C. The van der Waals surface area contributed by atoms with Gasteiger partial charge >= 0.3 is 12.3 Å². The Balaban J connectivity index is 2.76. The van der Waals surface area contributed by atoms with E-state index in [1.807, 2.05) is 0 Å². The van der Waals surface area contributed by atoms with Crippen molar-refractivity contribution in [3.63, 3.8) is 0 Å². The van der Waals surface area contributed by atoms with Gasteiger partial charge in [-0.15, -0.1) is 0 Å². The summed E-state index contributed by atoms with van der Waals surface area (Å²) in [5, 5.41) is 10.2. The number of hydrogen-bond donors (Lipinski definition) is 1. The Labute approximate surface area is 127 Å². The first-order valence-corrected chi connectivity index (χ1v) is 6.77. The molecule has 0 aliphatic rings. The second-order valence-electron chi connectivity index (χ2n) is 6.08. The largest absolute Gasteiger partial charge is 0.442 e. The second-order valence-corrected chi connectivity index (χ2v) is 6.08. The first kappa shape index (κ1) is 18.3. The molecular formula is C15H20F3NO3. The third-order valence-electron chi connectivity index (χ3n) is 2.78. The quantitative estimate of drug-likeness (QED) is 0.669. The molecule has 0 bridgehead atoms. The van der Waals surface area contributed by atoms with Crippen LogP contribution in [-0.2, 0) is 17.3 Å². The van der Waals surface area contributed by atoms with Gasteiger partial charge in [0.2, 0.25) is 0 Å². The van der Waals surface area contributed by atoms with Crippen LogP contribution in [0.4, 0.5) is 18.0 Å². The van der Waals surface area contributed by atoms with Crippen molar-refractivity contribution >= 4 is 6.09 Å². The molecule has 0 unspecified atom stereocenters. The van der Waals surface area contributed by atoms with Crippen LogP contribution < -0.4 is 0 Å². The van der Waals surface area contributed by atoms with E-state index in [9.17, 15) is 23.2 Å². The third-order valence-corrected chi connectivity index (χ3v) is 2.78. The molecule has 0 radical (unpaired) electrons. The summed E-state index contributed by atoms with van der Waals surface area (Å²) in [6.45, 7) is 6.47. The van der Waals surface area contributed by atoms with E-state index >= 15 is 0 Å². The molecule has 1 amide bonds. The van der Waals surface area contributed by atoms with Crippen LogP contribution in [0.1, 0.15) is 38.8 Å². The number of halogens is 3. The molecule has 22 heavy (non-hydrogen) atoms. The van der Waals surface area contributed by atoms with Gasteiger partial charge in [0.1, 0.15) is 5.60 Å². The number of rotatable bonds is 3. The van der Waals surface area contributed by atoms with Gasteiger partial charge < -0.3 is 4.74 Å². The lowest BCUT2D eigenvalue weighted by molar-refractivity contribution is -0.137. The van der Waals surface area contributed by atoms with E-state index in [4.69, 9.17) is 4.74 Å². The molecule has 1 aromatic carbocycles. The first-order valence-electron chi connectivity index (χ1n) is 6.77. The van der Waals surface area contributed by atoms with Crippen molar-refractivity contribution in [3.8, 4) is 0 Å². The molecule has 1 atom stereocenters. The summed E-state index contributed by atoms with van der Waals surface area (Å²) in [6.07, 6.45) is -5.30. The molecule has 124 valence electrons. The number of hydrogen-bond acceptors (Lipinski definition) is 3. The van der Waals surface area contributed by atoms with Crippen molar-refractivity contribution in [1.29, 1.82) is 0 Å². The van der Waals surface area contributed by atoms with E-state index in [2.05, 4.69) is 0 Å². The summed E-state index contributed by atoms with van der Waals surface area (Å²) < 4.78 is 42.9. The highest BCUT2D eigenvalue weighted by molar-refractivity contribution is 5.67. The van der Waals surface area contributed by atoms with Crippen LogP contribution in [0.5, 0.6) is 0 Å². The van der Waals surface area contributed by atoms with E-state index in [0.717, 1.165) is 12.1 Å². The number of carbonyl (C=O) groups excluding carboxylic acids is 1. The smallest absolute Gasteiger partial charge is 0.434 e. The summed E-state index contributed by atoms with van der Waals surface area (Å²) in [7, 11) is 0. The van der Waals surface area contributed by atoms with Gasteiger partial charge in [0.15, 0.2) is 0 Å². The minimum atomic E-state index is -4.43. The Morgan fingerprint density at radius 2 is 1.91 bits per heavy atom. The standard InChI is InChI=1S/C15H20F3NO3/c1-10(19(21)13(20)22-14(2,3)4)8-11-6-5-7-12(9-11)15(16,17)18/h5-7,9-10,21H,8H2,1-4H3/t10-/m0/s1. The highest BCUT2D eigenvalue weighted by atomic mass is 19.4. The van der Waals surface area contributed by atoms with Gasteiger partial charge in [-0.3, -0.25) is 5.21 Å². The zero-order valence-corrected chi connectivity index (χ0v) is 12.9. The molecule has 1 aromatic rings. The summed E-state index contributed by atoms with van der Waals surface area (Å²) in [5.74, 6) is 0. The number of nitrogens with zero attached hydrogens (tertiary/aromatic N) is 1. The molecule has 0 spiro atoms. The normalized spacial score (nSPS) is 13.6. The lowest BCUT2D eigenvalue weighted by atomic mass is 10.0. The predicted molar refractivity (Wildman–Crippen MR) is 74.5 cm³/mol. The summed E-state index contributed by atoms with van der Waals surface area (Å²) in [5.41, 5.74) is -1.17. The topological polar surface area (TPSA) is 49.8 Å². The number of amides is 1. The Morgan fingerprint density at radius 1 is 1.32 bits per heavy atom. The fourth-order valence-corrected chi connectivity index (χ4v) is 1.79. The van der Waals surface area contributed by atoms with E-state index in [0.29, 0.717) is 10.6 Å². The molecule has 0 aliphatic carbocycles. The lowest BCUT2D eigenvalue weighted by Gasteiger charge is -2.27. The molecule has 0 saturated heterocycles. The van der Waals surface area contributed by atoms with E-state index in [-0.39, 0.29) is 6.42 Å². The molecule has 0 heterocycles. The van der Waals surface area contributed by atoms with Crippen LogP contribution in [0.25, 0.3) is 0 Å². The van der Waals surface area contributed by atoms with E-state index in [1.165, 1.54) is 19.1 Å². The van der Waals surface area contributed by atoms with Crippen LogP contribution in [0.15, 0.2) is 24.3 Å². The van der Waals surface area contributed by atoms with Gasteiger partial charge in [-0.2, -0.15) is 18.2 Å². The second kappa shape index (κ2) is 6.56. The van der Waals surface area contributed by atoms with E-state index < -0.39 is 29.5 Å². The van der Waals surface area contributed by atoms with Gasteiger partial charge in [-0.25, -0.2) is 4.79 Å². The molecule has 0 aliphatic heterocycles. The zero-order chi connectivity index (χ0) is 17.1. The number of alkyl halides is 3. The number of ether oxygens (including phenoxy) is 1. The average molecular weight is 319 g/mol. The van der Waals surface area contributed by atoms with Crippen molar-refractivity contribution < 1.29 is 27.9 Å². The maximum absolute atomic E-state index is 12.6. The minimum absolute atomic E-state index is 0.0691. The predicted octanol–water partition coefficient (Wildman–Crippen LogP) is 4.26. The Kier molecular flexibility index (Phi) is 5.45. The van der Waals surface area contributed by atoms with Crippen molar-refractivity contribution in [2.45, 2.75) is 51.9 Å². The number of benzene rings is 1. The van der Waals surface area contributed by atoms with Crippen LogP contribution >= 0.6 is 0 Å².